The van der Waals surface area contributed by atoms with Gasteiger partial charge in [-0.15, -0.1) is 12.4 Å². The van der Waals surface area contributed by atoms with Gasteiger partial charge in [0, 0.05) is 23.9 Å². The molecule has 1 heterocycles. The van der Waals surface area contributed by atoms with E-state index in [2.05, 4.69) is 26.2 Å². The first kappa shape index (κ1) is 22.5. The van der Waals surface area contributed by atoms with E-state index >= 15 is 0 Å². The third kappa shape index (κ3) is 5.23. The molecule has 0 radical (unpaired) electrons. The van der Waals surface area contributed by atoms with Crippen LogP contribution in [0.5, 0.6) is 17.2 Å². The third-order valence-corrected chi connectivity index (χ3v) is 4.65. The Balaban J connectivity index is 0.00000338. The molecule has 0 atom stereocenters. The number of hydrogen-bond donors (Lipinski definition) is 3. The maximum atomic E-state index is 10.2. The maximum absolute atomic E-state index is 10.2. The molecule has 0 bridgehead atoms. The maximum Gasteiger partial charge on any atom is 0.141 e. The predicted octanol–water partition coefficient (Wildman–Crippen LogP) is 3.12. The number of aryl methyl sites for hydroxylation is 1. The number of halogens is 2. The fourth-order valence-corrected chi connectivity index (χ4v) is 3.06. The van der Waals surface area contributed by atoms with Crippen LogP contribution >= 0.6 is 28.3 Å². The van der Waals surface area contributed by atoms with Crippen molar-refractivity contribution in [2.24, 2.45) is 0 Å². The summed E-state index contributed by atoms with van der Waals surface area (Å²) in [5.41, 5.74) is 2.87. The zero-order valence-corrected chi connectivity index (χ0v) is 17.4. The van der Waals surface area contributed by atoms with Gasteiger partial charge in [-0.2, -0.15) is 0 Å². The zero-order valence-electron chi connectivity index (χ0n) is 15.0. The van der Waals surface area contributed by atoms with Crippen LogP contribution in [0.15, 0.2) is 22.8 Å². The molecule has 3 N–H and O–H groups in total. The van der Waals surface area contributed by atoms with Crippen LogP contribution in [0.1, 0.15) is 22.4 Å². The highest BCUT2D eigenvalue weighted by Gasteiger charge is 2.12. The summed E-state index contributed by atoms with van der Waals surface area (Å²) in [7, 11) is 3.26. The molecule has 0 unspecified atom stereocenters. The molecule has 8 heteroatoms. The Morgan fingerprint density at radius 2 is 1.85 bits per heavy atom. The van der Waals surface area contributed by atoms with Gasteiger partial charge in [0.2, 0.25) is 0 Å². The number of pyridine rings is 1. The van der Waals surface area contributed by atoms with Gasteiger partial charge in [0.05, 0.1) is 31.0 Å². The normalized spacial score (nSPS) is 10.3. The lowest BCUT2D eigenvalue weighted by Gasteiger charge is -2.14. The number of ether oxygens (including phenoxy) is 2. The van der Waals surface area contributed by atoms with Crippen molar-refractivity contribution in [1.82, 2.24) is 10.3 Å². The molecule has 2 rings (SSSR count). The Kier molecular flexibility index (Phi) is 9.15. The lowest BCUT2D eigenvalue weighted by molar-refractivity contribution is 0.278. The number of aromatic hydroxyl groups is 1. The highest BCUT2D eigenvalue weighted by molar-refractivity contribution is 9.10. The average Bonchev–Trinajstić information content (AvgIpc) is 2.62. The van der Waals surface area contributed by atoms with Crippen LogP contribution < -0.4 is 14.8 Å². The van der Waals surface area contributed by atoms with Crippen molar-refractivity contribution in [3.05, 3.63) is 45.2 Å². The SMILES string of the molecule is COc1cc(CCNCc2c(CO)cnc(C)c2O)c(OC)cc1Br.Cl. The molecule has 0 saturated carbocycles. The zero-order chi connectivity index (χ0) is 18.4. The molecule has 0 aliphatic rings. The van der Waals surface area contributed by atoms with Crippen molar-refractivity contribution >= 4 is 28.3 Å². The molecule has 1 aromatic heterocycles. The topological polar surface area (TPSA) is 83.8 Å². The van der Waals surface area contributed by atoms with Crippen molar-refractivity contribution < 1.29 is 19.7 Å². The lowest BCUT2D eigenvalue weighted by Crippen LogP contribution is -2.18. The quantitative estimate of drug-likeness (QED) is 0.539. The van der Waals surface area contributed by atoms with Crippen molar-refractivity contribution in [3.8, 4) is 17.2 Å². The molecule has 0 fully saturated rings. The number of nitrogens with one attached hydrogen (secondary N) is 1. The van der Waals surface area contributed by atoms with Gasteiger partial charge >= 0.3 is 0 Å². The van der Waals surface area contributed by atoms with Gasteiger partial charge < -0.3 is 25.0 Å². The van der Waals surface area contributed by atoms with E-state index < -0.39 is 0 Å². The Morgan fingerprint density at radius 1 is 1.15 bits per heavy atom. The molecule has 0 aliphatic carbocycles. The first-order valence-corrected chi connectivity index (χ1v) is 8.69. The number of aliphatic hydroxyl groups excluding tert-OH is 1. The van der Waals surface area contributed by atoms with Crippen LogP contribution in [0.3, 0.4) is 0 Å². The van der Waals surface area contributed by atoms with Gasteiger partial charge in [-0.05, 0) is 53.5 Å². The molecule has 0 spiro atoms. The van der Waals surface area contributed by atoms with Gasteiger partial charge in [0.1, 0.15) is 17.2 Å². The second-order valence-corrected chi connectivity index (χ2v) is 6.43. The minimum Gasteiger partial charge on any atom is -0.506 e. The summed E-state index contributed by atoms with van der Waals surface area (Å²) in [5.74, 6) is 1.66. The van der Waals surface area contributed by atoms with E-state index in [1.807, 2.05) is 12.1 Å². The Hall–Kier alpha value is -1.54. The summed E-state index contributed by atoms with van der Waals surface area (Å²) in [4.78, 5) is 4.06. The van der Waals surface area contributed by atoms with E-state index in [-0.39, 0.29) is 24.8 Å². The standard InChI is InChI=1S/C18H23BrN2O4.ClH/c1-11-18(23)14(13(10-22)8-21-11)9-20-5-4-12-6-17(25-3)15(19)7-16(12)24-2;/h6-8,20,22-23H,4-5,9-10H2,1-3H3;1H. The number of aliphatic hydroxyl groups is 1. The van der Waals surface area contributed by atoms with Crippen molar-refractivity contribution in [3.63, 3.8) is 0 Å². The van der Waals surface area contributed by atoms with E-state index in [4.69, 9.17) is 9.47 Å². The van der Waals surface area contributed by atoms with Gasteiger partial charge in [0.25, 0.3) is 0 Å². The summed E-state index contributed by atoms with van der Waals surface area (Å²) in [6.07, 6.45) is 2.32. The predicted molar refractivity (Wildman–Crippen MR) is 106 cm³/mol. The van der Waals surface area contributed by atoms with Gasteiger partial charge in [-0.1, -0.05) is 0 Å². The molecule has 1 aromatic carbocycles. The van der Waals surface area contributed by atoms with Crippen LogP contribution in [0.4, 0.5) is 0 Å². The molecule has 0 aliphatic heterocycles. The molecule has 0 amide bonds. The van der Waals surface area contributed by atoms with Gasteiger partial charge in [-0.25, -0.2) is 0 Å². The minimum atomic E-state index is -0.157. The Labute approximate surface area is 168 Å². The summed E-state index contributed by atoms with van der Waals surface area (Å²) in [6.45, 7) is 2.70. The largest absolute Gasteiger partial charge is 0.506 e. The summed E-state index contributed by atoms with van der Waals surface area (Å²) in [6, 6.07) is 3.83. The smallest absolute Gasteiger partial charge is 0.141 e. The van der Waals surface area contributed by atoms with E-state index in [0.29, 0.717) is 29.9 Å². The number of rotatable bonds is 8. The van der Waals surface area contributed by atoms with Gasteiger partial charge in [0.15, 0.2) is 0 Å². The molecular formula is C18H24BrClN2O4. The Bertz CT molecular complexity index is 744. The fourth-order valence-electron chi connectivity index (χ4n) is 2.57. The van der Waals surface area contributed by atoms with Crippen molar-refractivity contribution in [2.75, 3.05) is 20.8 Å². The number of methoxy groups -OCH3 is 2. The number of nitrogens with zero attached hydrogens (tertiary/aromatic N) is 1. The highest BCUT2D eigenvalue weighted by atomic mass is 79.9. The van der Waals surface area contributed by atoms with E-state index in [0.717, 1.165) is 28.0 Å². The monoisotopic (exact) mass is 446 g/mol. The lowest BCUT2D eigenvalue weighted by atomic mass is 10.1. The fraction of sp³-hybridized carbons (Fsp3) is 0.389. The second-order valence-electron chi connectivity index (χ2n) is 5.58. The second kappa shape index (κ2) is 10.6. The molecule has 2 aromatic rings. The van der Waals surface area contributed by atoms with Crippen molar-refractivity contribution in [2.45, 2.75) is 26.5 Å². The molecular weight excluding hydrogens is 424 g/mol. The summed E-state index contributed by atoms with van der Waals surface area (Å²) < 4.78 is 11.6. The van der Waals surface area contributed by atoms with E-state index in [1.54, 1.807) is 27.3 Å². The number of hydrogen-bond acceptors (Lipinski definition) is 6. The third-order valence-electron chi connectivity index (χ3n) is 4.03. The first-order chi connectivity index (χ1) is 12.0. The molecule has 0 saturated heterocycles. The Morgan fingerprint density at radius 3 is 2.46 bits per heavy atom. The number of aromatic nitrogens is 1. The van der Waals surface area contributed by atoms with E-state index in [1.165, 1.54) is 0 Å². The molecule has 26 heavy (non-hydrogen) atoms. The number of benzene rings is 1. The van der Waals surface area contributed by atoms with E-state index in [9.17, 15) is 10.2 Å². The molecule has 144 valence electrons. The molecule has 6 nitrogen and oxygen atoms in total. The van der Waals surface area contributed by atoms with Crippen LogP contribution in [-0.2, 0) is 19.6 Å². The van der Waals surface area contributed by atoms with Gasteiger partial charge in [-0.3, -0.25) is 4.98 Å². The van der Waals surface area contributed by atoms with Crippen molar-refractivity contribution in [1.29, 1.82) is 0 Å². The highest BCUT2D eigenvalue weighted by Crippen LogP contribution is 2.33. The van der Waals surface area contributed by atoms with Crippen LogP contribution in [0.25, 0.3) is 0 Å². The summed E-state index contributed by atoms with van der Waals surface area (Å²) >= 11 is 3.45. The minimum absolute atomic E-state index is 0. The van der Waals surface area contributed by atoms with Crippen LogP contribution in [0.2, 0.25) is 0 Å². The average molecular weight is 448 g/mol. The summed E-state index contributed by atoms with van der Waals surface area (Å²) in [5, 5.41) is 22.8. The van der Waals surface area contributed by atoms with Crippen LogP contribution in [-0.4, -0.2) is 36.0 Å². The van der Waals surface area contributed by atoms with Crippen LogP contribution in [0, 0.1) is 6.92 Å². The first-order valence-electron chi connectivity index (χ1n) is 7.90.